The van der Waals surface area contributed by atoms with Crippen LogP contribution in [0, 0.1) is 6.92 Å². The Labute approximate surface area is 128 Å². The van der Waals surface area contributed by atoms with E-state index in [9.17, 15) is 9.59 Å². The number of hydrogen-bond acceptors (Lipinski definition) is 6. The average molecular weight is 311 g/mol. The van der Waals surface area contributed by atoms with Crippen LogP contribution in [0.25, 0.3) is 0 Å². The Morgan fingerprint density at radius 3 is 2.67 bits per heavy atom. The number of aromatic nitrogens is 1. The predicted octanol–water partition coefficient (Wildman–Crippen LogP) is -0.829. The fraction of sp³-hybridized carbons (Fsp3) is 0.615. The van der Waals surface area contributed by atoms with Crippen LogP contribution in [-0.4, -0.2) is 65.9 Å². The first-order chi connectivity index (χ1) is 10.1. The van der Waals surface area contributed by atoms with Gasteiger partial charge in [-0.2, -0.15) is 0 Å². The zero-order valence-electron chi connectivity index (χ0n) is 12.2. The van der Waals surface area contributed by atoms with Gasteiger partial charge in [-0.3, -0.25) is 14.5 Å². The molecule has 0 saturated carbocycles. The largest absolute Gasteiger partial charge is 0.346 e. The fourth-order valence-corrected chi connectivity index (χ4v) is 3.05. The van der Waals surface area contributed by atoms with Crippen molar-refractivity contribution in [3.8, 4) is 0 Å². The van der Waals surface area contributed by atoms with Crippen molar-refractivity contribution < 1.29 is 9.59 Å². The summed E-state index contributed by atoms with van der Waals surface area (Å²) in [6.45, 7) is 5.89. The van der Waals surface area contributed by atoms with Crippen molar-refractivity contribution in [2.75, 3.05) is 39.3 Å². The molecule has 1 aliphatic heterocycles. The Morgan fingerprint density at radius 1 is 1.38 bits per heavy atom. The molecule has 1 aliphatic rings. The maximum Gasteiger partial charge on any atom is 0.242 e. The van der Waals surface area contributed by atoms with Gasteiger partial charge in [0.1, 0.15) is 0 Å². The highest BCUT2D eigenvalue weighted by molar-refractivity contribution is 7.11. The summed E-state index contributed by atoms with van der Waals surface area (Å²) in [6.07, 6.45) is 1.92. The van der Waals surface area contributed by atoms with E-state index in [1.165, 1.54) is 4.88 Å². The maximum absolute atomic E-state index is 11.9. The zero-order valence-corrected chi connectivity index (χ0v) is 13.0. The minimum absolute atomic E-state index is 0.0318. The van der Waals surface area contributed by atoms with Crippen LogP contribution in [0.2, 0.25) is 0 Å². The van der Waals surface area contributed by atoms with Crippen LogP contribution in [0.5, 0.6) is 0 Å². The number of nitrogens with one attached hydrogen (secondary N) is 1. The molecule has 0 aliphatic carbocycles. The topological polar surface area (TPSA) is 91.6 Å². The van der Waals surface area contributed by atoms with Crippen LogP contribution in [-0.2, 0) is 16.1 Å². The van der Waals surface area contributed by atoms with Gasteiger partial charge in [0.25, 0.3) is 0 Å². The van der Waals surface area contributed by atoms with E-state index in [1.807, 2.05) is 13.1 Å². The fourth-order valence-electron chi connectivity index (χ4n) is 2.21. The highest BCUT2D eigenvalue weighted by Crippen LogP contribution is 2.15. The van der Waals surface area contributed by atoms with Gasteiger partial charge >= 0.3 is 0 Å². The zero-order chi connectivity index (χ0) is 15.2. The van der Waals surface area contributed by atoms with E-state index in [4.69, 9.17) is 5.73 Å². The molecule has 3 N–H and O–H groups in total. The molecule has 2 heterocycles. The molecule has 1 aromatic heterocycles. The molecule has 1 saturated heterocycles. The van der Waals surface area contributed by atoms with Crippen LogP contribution in [0.3, 0.4) is 0 Å². The second-order valence-electron chi connectivity index (χ2n) is 4.98. The molecule has 0 unspecified atom stereocenters. The van der Waals surface area contributed by atoms with Crippen molar-refractivity contribution in [1.82, 2.24) is 20.1 Å². The van der Waals surface area contributed by atoms with Crippen molar-refractivity contribution in [1.29, 1.82) is 0 Å². The molecule has 0 spiro atoms. The van der Waals surface area contributed by atoms with Crippen molar-refractivity contribution in [3.63, 3.8) is 0 Å². The summed E-state index contributed by atoms with van der Waals surface area (Å²) < 4.78 is 0. The van der Waals surface area contributed by atoms with E-state index in [2.05, 4.69) is 15.2 Å². The Morgan fingerprint density at radius 2 is 2.10 bits per heavy atom. The quantitative estimate of drug-likeness (QED) is 0.741. The lowest BCUT2D eigenvalue weighted by Crippen LogP contribution is -2.51. The van der Waals surface area contributed by atoms with Crippen molar-refractivity contribution >= 4 is 23.2 Å². The smallest absolute Gasteiger partial charge is 0.242 e. The van der Waals surface area contributed by atoms with Crippen LogP contribution >= 0.6 is 11.3 Å². The predicted molar refractivity (Wildman–Crippen MR) is 80.8 cm³/mol. The molecule has 1 fully saturated rings. The van der Waals surface area contributed by atoms with Gasteiger partial charge in [0.05, 0.1) is 18.1 Å². The van der Waals surface area contributed by atoms with Crippen LogP contribution < -0.4 is 11.1 Å². The third-order valence-corrected chi connectivity index (χ3v) is 4.29. The number of carbonyl (C=O) groups excluding carboxylic acids is 2. The third-order valence-electron chi connectivity index (χ3n) is 3.40. The number of hydrogen-bond donors (Lipinski definition) is 2. The van der Waals surface area contributed by atoms with Gasteiger partial charge in [-0.25, -0.2) is 4.98 Å². The molecular formula is C13H21N5O2S. The highest BCUT2D eigenvalue weighted by Gasteiger charge is 2.21. The minimum atomic E-state index is -0.303. The minimum Gasteiger partial charge on any atom is -0.346 e. The van der Waals surface area contributed by atoms with E-state index in [0.29, 0.717) is 13.1 Å². The average Bonchev–Trinajstić information content (AvgIpc) is 2.90. The lowest BCUT2D eigenvalue weighted by molar-refractivity contribution is -0.134. The Balaban J connectivity index is 1.72. The molecule has 0 radical (unpaired) electrons. The van der Waals surface area contributed by atoms with Crippen molar-refractivity contribution in [3.05, 3.63) is 16.1 Å². The van der Waals surface area contributed by atoms with Gasteiger partial charge in [0.2, 0.25) is 11.8 Å². The summed E-state index contributed by atoms with van der Waals surface area (Å²) in [7, 11) is 0. The number of piperazine rings is 1. The molecule has 0 atom stereocenters. The first-order valence-electron chi connectivity index (χ1n) is 6.96. The number of amides is 2. The molecule has 0 aromatic carbocycles. The number of carbonyl (C=O) groups is 2. The summed E-state index contributed by atoms with van der Waals surface area (Å²) in [6, 6.07) is 0. The van der Waals surface area contributed by atoms with E-state index < -0.39 is 0 Å². The summed E-state index contributed by atoms with van der Waals surface area (Å²) in [5.41, 5.74) is 5.18. The van der Waals surface area contributed by atoms with E-state index in [1.54, 1.807) is 16.2 Å². The summed E-state index contributed by atoms with van der Waals surface area (Å²) in [5.74, 6) is -0.354. The second-order valence-corrected chi connectivity index (χ2v) is 6.30. The summed E-state index contributed by atoms with van der Waals surface area (Å²) in [5, 5.41) is 3.59. The standard InChI is InChI=1S/C13H21N5O2S/c1-10-15-7-11(21-10)9-17-2-4-18(5-3-17)13(20)8-16-12(19)6-14/h7H,2-6,8-9,14H2,1H3,(H,16,19). The number of aryl methyl sites for hydroxylation is 1. The van der Waals surface area contributed by atoms with Gasteiger partial charge in [0, 0.05) is 43.8 Å². The number of nitrogens with zero attached hydrogens (tertiary/aromatic N) is 3. The molecule has 1 aromatic rings. The molecule has 7 nitrogen and oxygen atoms in total. The first-order valence-corrected chi connectivity index (χ1v) is 7.78. The second kappa shape index (κ2) is 7.48. The van der Waals surface area contributed by atoms with Gasteiger partial charge < -0.3 is 16.0 Å². The number of thiazole rings is 1. The highest BCUT2D eigenvalue weighted by atomic mass is 32.1. The van der Waals surface area contributed by atoms with Gasteiger partial charge in [-0.15, -0.1) is 11.3 Å². The van der Waals surface area contributed by atoms with E-state index in [0.717, 1.165) is 24.6 Å². The Hall–Kier alpha value is -1.51. The van der Waals surface area contributed by atoms with Crippen LogP contribution in [0.15, 0.2) is 6.20 Å². The molecule has 2 amide bonds. The molecular weight excluding hydrogens is 290 g/mol. The summed E-state index contributed by atoms with van der Waals surface area (Å²) >= 11 is 1.71. The normalized spacial score (nSPS) is 16.0. The lowest BCUT2D eigenvalue weighted by atomic mass is 10.3. The third kappa shape index (κ3) is 4.76. The lowest BCUT2D eigenvalue weighted by Gasteiger charge is -2.34. The summed E-state index contributed by atoms with van der Waals surface area (Å²) in [4.78, 5) is 32.6. The van der Waals surface area contributed by atoms with Gasteiger partial charge in [-0.05, 0) is 6.92 Å². The molecule has 21 heavy (non-hydrogen) atoms. The van der Waals surface area contributed by atoms with Crippen molar-refractivity contribution in [2.24, 2.45) is 5.73 Å². The Kier molecular flexibility index (Phi) is 5.66. The molecule has 116 valence electrons. The van der Waals surface area contributed by atoms with Crippen molar-refractivity contribution in [2.45, 2.75) is 13.5 Å². The maximum atomic E-state index is 11.9. The molecule has 8 heteroatoms. The van der Waals surface area contributed by atoms with Gasteiger partial charge in [-0.1, -0.05) is 0 Å². The van der Waals surface area contributed by atoms with E-state index >= 15 is 0 Å². The van der Waals surface area contributed by atoms with E-state index in [-0.39, 0.29) is 24.9 Å². The van der Waals surface area contributed by atoms with Crippen LogP contribution in [0.1, 0.15) is 9.88 Å². The van der Waals surface area contributed by atoms with Gasteiger partial charge in [0.15, 0.2) is 0 Å². The number of nitrogens with two attached hydrogens (primary N) is 1. The number of rotatable bonds is 5. The SMILES string of the molecule is Cc1ncc(CN2CCN(C(=O)CNC(=O)CN)CC2)s1. The Bertz CT molecular complexity index is 497. The molecule has 0 bridgehead atoms. The molecule has 2 rings (SSSR count). The first kappa shape index (κ1) is 15.9. The monoisotopic (exact) mass is 311 g/mol. The van der Waals surface area contributed by atoms with Crippen LogP contribution in [0.4, 0.5) is 0 Å².